The van der Waals surface area contributed by atoms with Gasteiger partial charge in [0.1, 0.15) is 0 Å². The summed E-state index contributed by atoms with van der Waals surface area (Å²) in [6.07, 6.45) is 14.0. The summed E-state index contributed by atoms with van der Waals surface area (Å²) in [4.78, 5) is 6.55. The van der Waals surface area contributed by atoms with Gasteiger partial charge in [0, 0.05) is 43.0 Å². The SMILES string of the molecule is CC/N=C/C=C\C=C\C=C\c1ccc(N(CC)CCSSCC)cc1. The Hall–Kier alpha value is -1.39. The summed E-state index contributed by atoms with van der Waals surface area (Å²) >= 11 is 0. The Bertz CT molecular complexity index is 560. The van der Waals surface area contributed by atoms with Crippen molar-refractivity contribution in [3.8, 4) is 0 Å². The van der Waals surface area contributed by atoms with Gasteiger partial charge in [0.2, 0.25) is 0 Å². The molecule has 1 aromatic rings. The highest BCUT2D eigenvalue weighted by atomic mass is 33.1. The van der Waals surface area contributed by atoms with E-state index in [9.17, 15) is 0 Å². The summed E-state index contributed by atoms with van der Waals surface area (Å²) in [7, 11) is 3.90. The number of anilines is 1. The maximum absolute atomic E-state index is 4.12. The predicted octanol–water partition coefficient (Wildman–Crippen LogP) is 6.13. The van der Waals surface area contributed by atoms with Crippen LogP contribution in [0.2, 0.25) is 0 Å². The van der Waals surface area contributed by atoms with Crippen molar-refractivity contribution in [2.75, 3.05) is 36.0 Å². The minimum absolute atomic E-state index is 0.829. The smallest absolute Gasteiger partial charge is 0.0366 e. The van der Waals surface area contributed by atoms with Gasteiger partial charge in [-0.3, -0.25) is 4.99 Å². The molecule has 25 heavy (non-hydrogen) atoms. The van der Waals surface area contributed by atoms with Gasteiger partial charge in [-0.2, -0.15) is 0 Å². The highest BCUT2D eigenvalue weighted by Gasteiger charge is 2.03. The van der Waals surface area contributed by atoms with Crippen LogP contribution in [0.1, 0.15) is 26.3 Å². The summed E-state index contributed by atoms with van der Waals surface area (Å²) < 4.78 is 0. The van der Waals surface area contributed by atoms with E-state index >= 15 is 0 Å². The fourth-order valence-corrected chi connectivity index (χ4v) is 3.79. The molecule has 2 nitrogen and oxygen atoms in total. The summed E-state index contributed by atoms with van der Waals surface area (Å²) in [6, 6.07) is 8.79. The molecule has 0 heterocycles. The first-order valence-electron chi connectivity index (χ1n) is 8.91. The van der Waals surface area contributed by atoms with Crippen LogP contribution in [-0.4, -0.2) is 37.4 Å². The number of hydrogen-bond acceptors (Lipinski definition) is 4. The second kappa shape index (κ2) is 14.9. The van der Waals surface area contributed by atoms with Crippen molar-refractivity contribution in [2.24, 2.45) is 4.99 Å². The predicted molar refractivity (Wildman–Crippen MR) is 121 cm³/mol. The van der Waals surface area contributed by atoms with Gasteiger partial charge in [0.15, 0.2) is 0 Å². The summed E-state index contributed by atoms with van der Waals surface area (Å²) in [5.74, 6) is 2.34. The number of aliphatic imine (C=N–C) groups is 1. The van der Waals surface area contributed by atoms with E-state index in [1.807, 2.05) is 59.0 Å². The first-order chi connectivity index (χ1) is 12.3. The molecule has 0 radical (unpaired) electrons. The molecular formula is C21H30N2S2. The number of rotatable bonds is 12. The van der Waals surface area contributed by atoms with E-state index in [4.69, 9.17) is 0 Å². The van der Waals surface area contributed by atoms with Crippen LogP contribution in [0.25, 0.3) is 6.08 Å². The van der Waals surface area contributed by atoms with Gasteiger partial charge in [-0.25, -0.2) is 0 Å². The van der Waals surface area contributed by atoms with E-state index in [0.717, 1.165) is 25.4 Å². The zero-order valence-electron chi connectivity index (χ0n) is 15.6. The van der Waals surface area contributed by atoms with Crippen LogP contribution in [-0.2, 0) is 0 Å². The lowest BCUT2D eigenvalue weighted by Crippen LogP contribution is -2.25. The monoisotopic (exact) mass is 374 g/mol. The molecule has 136 valence electrons. The van der Waals surface area contributed by atoms with Gasteiger partial charge >= 0.3 is 0 Å². The Balaban J connectivity index is 2.48. The molecule has 0 fully saturated rings. The molecule has 0 aromatic heterocycles. The van der Waals surface area contributed by atoms with Gasteiger partial charge in [-0.05, 0) is 37.6 Å². The third-order valence-electron chi connectivity index (χ3n) is 3.39. The van der Waals surface area contributed by atoms with Crippen LogP contribution in [0.15, 0.2) is 59.6 Å². The van der Waals surface area contributed by atoms with Gasteiger partial charge < -0.3 is 4.90 Å². The summed E-state index contributed by atoms with van der Waals surface area (Å²) in [6.45, 7) is 9.42. The van der Waals surface area contributed by atoms with Crippen molar-refractivity contribution in [1.82, 2.24) is 0 Å². The topological polar surface area (TPSA) is 15.6 Å². The zero-order valence-corrected chi connectivity index (χ0v) is 17.2. The minimum atomic E-state index is 0.829. The minimum Gasteiger partial charge on any atom is -0.371 e. The highest BCUT2D eigenvalue weighted by molar-refractivity contribution is 8.76. The van der Waals surface area contributed by atoms with Crippen LogP contribution < -0.4 is 4.90 Å². The molecule has 0 amide bonds. The molecule has 0 bridgehead atoms. The van der Waals surface area contributed by atoms with Crippen molar-refractivity contribution in [3.05, 3.63) is 60.2 Å². The molecule has 0 N–H and O–H groups in total. The number of allylic oxidation sites excluding steroid dienone is 5. The lowest BCUT2D eigenvalue weighted by molar-refractivity contribution is 0.873. The molecule has 1 aromatic carbocycles. The number of nitrogens with zero attached hydrogens (tertiary/aromatic N) is 2. The largest absolute Gasteiger partial charge is 0.371 e. The van der Waals surface area contributed by atoms with Gasteiger partial charge in [0.05, 0.1) is 0 Å². The maximum atomic E-state index is 4.12. The molecule has 0 aliphatic carbocycles. The average molecular weight is 375 g/mol. The molecule has 0 saturated heterocycles. The highest BCUT2D eigenvalue weighted by Crippen LogP contribution is 2.22. The van der Waals surface area contributed by atoms with E-state index in [-0.39, 0.29) is 0 Å². The van der Waals surface area contributed by atoms with Gasteiger partial charge in [-0.1, -0.05) is 71.0 Å². The van der Waals surface area contributed by atoms with Crippen molar-refractivity contribution in [2.45, 2.75) is 20.8 Å². The second-order valence-corrected chi connectivity index (χ2v) is 8.05. The molecule has 0 aliphatic rings. The molecule has 0 atom stereocenters. The zero-order chi connectivity index (χ0) is 18.2. The summed E-state index contributed by atoms with van der Waals surface area (Å²) in [5.41, 5.74) is 2.52. The number of benzene rings is 1. The molecule has 0 saturated carbocycles. The molecule has 4 heteroatoms. The van der Waals surface area contributed by atoms with E-state index in [1.165, 1.54) is 17.0 Å². The van der Waals surface area contributed by atoms with E-state index < -0.39 is 0 Å². The third kappa shape index (κ3) is 10.3. The van der Waals surface area contributed by atoms with Crippen LogP contribution >= 0.6 is 21.6 Å². The Kier molecular flexibility index (Phi) is 12.9. The van der Waals surface area contributed by atoms with E-state index in [1.54, 1.807) is 0 Å². The quantitative estimate of drug-likeness (QED) is 0.189. The van der Waals surface area contributed by atoms with Crippen LogP contribution in [0.4, 0.5) is 5.69 Å². The summed E-state index contributed by atoms with van der Waals surface area (Å²) in [5, 5.41) is 0. The molecule has 1 rings (SSSR count). The normalized spacial score (nSPS) is 12.3. The van der Waals surface area contributed by atoms with E-state index in [0.29, 0.717) is 0 Å². The molecule has 0 spiro atoms. The van der Waals surface area contributed by atoms with Crippen molar-refractivity contribution in [1.29, 1.82) is 0 Å². The molecular weight excluding hydrogens is 344 g/mol. The Morgan fingerprint density at radius 3 is 2.32 bits per heavy atom. The first kappa shape index (κ1) is 21.7. The number of hydrogen-bond donors (Lipinski definition) is 0. The Morgan fingerprint density at radius 1 is 0.920 bits per heavy atom. The third-order valence-corrected chi connectivity index (χ3v) is 5.85. The van der Waals surface area contributed by atoms with Crippen molar-refractivity contribution < 1.29 is 0 Å². The Labute approximate surface area is 161 Å². The fourth-order valence-electron chi connectivity index (χ4n) is 2.13. The first-order valence-corrected chi connectivity index (χ1v) is 11.4. The van der Waals surface area contributed by atoms with E-state index in [2.05, 4.69) is 60.2 Å². The average Bonchev–Trinajstić information content (AvgIpc) is 2.65. The lowest BCUT2D eigenvalue weighted by atomic mass is 10.2. The van der Waals surface area contributed by atoms with Crippen molar-refractivity contribution in [3.63, 3.8) is 0 Å². The fraction of sp³-hybridized carbons (Fsp3) is 0.381. The van der Waals surface area contributed by atoms with Crippen molar-refractivity contribution >= 4 is 39.6 Å². The molecule has 0 aliphatic heterocycles. The molecule has 0 unspecified atom stereocenters. The van der Waals surface area contributed by atoms with Gasteiger partial charge in [-0.15, -0.1) is 0 Å². The van der Waals surface area contributed by atoms with Crippen LogP contribution in [0.5, 0.6) is 0 Å². The maximum Gasteiger partial charge on any atom is 0.0366 e. The van der Waals surface area contributed by atoms with Crippen LogP contribution in [0.3, 0.4) is 0 Å². The standard InChI is InChI=1S/C21H30N2S2/c1-4-22-17-11-9-7-8-10-12-20-13-15-21(16-14-20)23(5-2)18-19-25-24-6-3/h7-17H,4-6,18-19H2,1-3H3/b8-7+,11-9-,12-10+,22-17+. The lowest BCUT2D eigenvalue weighted by Gasteiger charge is -2.22. The second-order valence-electron chi connectivity index (χ2n) is 5.18. The van der Waals surface area contributed by atoms with Crippen LogP contribution in [0, 0.1) is 0 Å². The Morgan fingerprint density at radius 2 is 1.64 bits per heavy atom. The van der Waals surface area contributed by atoms with Gasteiger partial charge in [0.25, 0.3) is 0 Å².